The van der Waals surface area contributed by atoms with Crippen LogP contribution in [0.1, 0.15) is 22.3 Å². The maximum atomic E-state index is 13.7. The molecule has 0 saturated heterocycles. The maximum absolute atomic E-state index is 13.7. The number of nitrogens with zero attached hydrogens (tertiary/aromatic N) is 3. The molecule has 0 saturated carbocycles. The van der Waals surface area contributed by atoms with E-state index in [-0.39, 0.29) is 24.8 Å². The molecule has 5 rings (SSSR count). The minimum atomic E-state index is -0.220. The number of ether oxygens (including phenoxy) is 1. The van der Waals surface area contributed by atoms with Gasteiger partial charge in [-0.1, -0.05) is 78.1 Å². The van der Waals surface area contributed by atoms with Crippen LogP contribution in [0.2, 0.25) is 0 Å². The molecule has 1 N–H and O–H groups in total. The number of nitrogens with one attached hydrogen (secondary N) is 1. The van der Waals surface area contributed by atoms with Crippen molar-refractivity contribution in [3.8, 4) is 16.3 Å². The Labute approximate surface area is 231 Å². The number of carbonyl (C=O) groups excluding carboxylic acids is 2. The van der Waals surface area contributed by atoms with Crippen molar-refractivity contribution in [3.05, 3.63) is 108 Å². The van der Waals surface area contributed by atoms with E-state index in [1.807, 2.05) is 97.1 Å². The minimum Gasteiger partial charge on any atom is -0.497 e. The average Bonchev–Trinajstić information content (AvgIpc) is 3.45. The molecule has 0 atom stereocenters. The number of benzene rings is 4. The Bertz CT molecular complexity index is 1560. The summed E-state index contributed by atoms with van der Waals surface area (Å²) in [5.74, 6) is 0.447. The van der Waals surface area contributed by atoms with Crippen molar-refractivity contribution in [2.45, 2.75) is 12.8 Å². The van der Waals surface area contributed by atoms with Crippen LogP contribution < -0.4 is 10.1 Å². The average molecular weight is 537 g/mol. The zero-order chi connectivity index (χ0) is 27.0. The van der Waals surface area contributed by atoms with E-state index in [0.29, 0.717) is 28.7 Å². The van der Waals surface area contributed by atoms with Gasteiger partial charge in [-0.05, 0) is 53.1 Å². The predicted octanol–water partition coefficient (Wildman–Crippen LogP) is 6.08. The van der Waals surface area contributed by atoms with E-state index in [1.54, 1.807) is 12.0 Å². The molecule has 0 spiro atoms. The van der Waals surface area contributed by atoms with Crippen LogP contribution in [0.4, 0.5) is 5.13 Å². The third kappa shape index (κ3) is 6.48. The van der Waals surface area contributed by atoms with Gasteiger partial charge in [0.05, 0.1) is 7.11 Å². The number of aromatic nitrogens is 2. The van der Waals surface area contributed by atoms with Crippen LogP contribution >= 0.6 is 11.3 Å². The van der Waals surface area contributed by atoms with Crippen molar-refractivity contribution in [1.29, 1.82) is 0 Å². The van der Waals surface area contributed by atoms with Crippen molar-refractivity contribution in [1.82, 2.24) is 15.1 Å². The third-order valence-electron chi connectivity index (χ3n) is 6.44. The first-order chi connectivity index (χ1) is 19.1. The molecule has 0 fully saturated rings. The van der Waals surface area contributed by atoms with Crippen LogP contribution in [0.3, 0.4) is 0 Å². The molecular formula is C31H28N4O3S. The van der Waals surface area contributed by atoms with Gasteiger partial charge in [0.2, 0.25) is 11.0 Å². The van der Waals surface area contributed by atoms with Gasteiger partial charge in [0, 0.05) is 30.6 Å². The topological polar surface area (TPSA) is 84.4 Å². The molecule has 8 heteroatoms. The van der Waals surface area contributed by atoms with Gasteiger partial charge in [-0.2, -0.15) is 0 Å². The monoisotopic (exact) mass is 536 g/mol. The van der Waals surface area contributed by atoms with Gasteiger partial charge in [0.25, 0.3) is 5.91 Å². The molecule has 0 bridgehead atoms. The third-order valence-corrected chi connectivity index (χ3v) is 7.33. The van der Waals surface area contributed by atoms with Crippen molar-refractivity contribution < 1.29 is 14.3 Å². The summed E-state index contributed by atoms with van der Waals surface area (Å²) in [4.78, 5) is 28.3. The smallest absolute Gasteiger partial charge is 0.254 e. The molecule has 0 aliphatic rings. The summed E-state index contributed by atoms with van der Waals surface area (Å²) >= 11 is 1.30. The Hall–Kier alpha value is -4.56. The molecular weight excluding hydrogens is 508 g/mol. The van der Waals surface area contributed by atoms with Crippen molar-refractivity contribution in [2.24, 2.45) is 0 Å². The number of amides is 2. The summed E-state index contributed by atoms with van der Waals surface area (Å²) in [6, 6.07) is 31.1. The van der Waals surface area contributed by atoms with Gasteiger partial charge in [-0.25, -0.2) is 0 Å². The highest BCUT2D eigenvalue weighted by molar-refractivity contribution is 7.18. The van der Waals surface area contributed by atoms with Crippen LogP contribution in [-0.4, -0.2) is 47.1 Å². The van der Waals surface area contributed by atoms with Crippen LogP contribution in [0.5, 0.6) is 5.75 Å². The lowest BCUT2D eigenvalue weighted by molar-refractivity contribution is -0.116. The number of methoxy groups -OCH3 is 1. The molecule has 5 aromatic rings. The highest BCUT2D eigenvalue weighted by Crippen LogP contribution is 2.28. The fourth-order valence-corrected chi connectivity index (χ4v) is 5.11. The number of rotatable bonds is 10. The molecule has 4 aromatic carbocycles. The molecule has 0 radical (unpaired) electrons. The lowest BCUT2D eigenvalue weighted by Gasteiger charge is -2.23. The first kappa shape index (κ1) is 26.1. The summed E-state index contributed by atoms with van der Waals surface area (Å²) in [5.41, 5.74) is 2.66. The quantitative estimate of drug-likeness (QED) is 0.234. The Morgan fingerprint density at radius 3 is 2.38 bits per heavy atom. The summed E-state index contributed by atoms with van der Waals surface area (Å²) < 4.78 is 5.20. The molecule has 39 heavy (non-hydrogen) atoms. The van der Waals surface area contributed by atoms with E-state index in [2.05, 4.69) is 15.5 Å². The normalized spacial score (nSPS) is 10.8. The highest BCUT2D eigenvalue weighted by atomic mass is 32.1. The van der Waals surface area contributed by atoms with Crippen LogP contribution in [0.25, 0.3) is 21.3 Å². The summed E-state index contributed by atoms with van der Waals surface area (Å²) in [6.07, 6.45) is 0.837. The predicted molar refractivity (Wildman–Crippen MR) is 155 cm³/mol. The number of hydrogen-bond acceptors (Lipinski definition) is 6. The number of fused-ring (bicyclic) bond motifs is 1. The molecule has 0 aliphatic carbocycles. The summed E-state index contributed by atoms with van der Waals surface area (Å²) in [6.45, 7) is 0.782. The molecule has 1 heterocycles. The molecule has 0 unspecified atom stereocenters. The number of carbonyl (C=O) groups is 2. The van der Waals surface area contributed by atoms with E-state index in [1.165, 1.54) is 11.3 Å². The van der Waals surface area contributed by atoms with Crippen LogP contribution in [0, 0.1) is 0 Å². The first-order valence-electron chi connectivity index (χ1n) is 12.7. The molecule has 1 aromatic heterocycles. The van der Waals surface area contributed by atoms with Gasteiger partial charge in [0.15, 0.2) is 0 Å². The Kier molecular flexibility index (Phi) is 8.23. The van der Waals surface area contributed by atoms with Crippen LogP contribution in [-0.2, 0) is 11.2 Å². The molecule has 2 amide bonds. The maximum Gasteiger partial charge on any atom is 0.254 e. The first-order valence-corrected chi connectivity index (χ1v) is 13.5. The molecule has 7 nitrogen and oxygen atoms in total. The van der Waals surface area contributed by atoms with Gasteiger partial charge in [0.1, 0.15) is 10.8 Å². The zero-order valence-corrected chi connectivity index (χ0v) is 22.4. The Morgan fingerprint density at radius 2 is 1.59 bits per heavy atom. The number of hydrogen-bond donors (Lipinski definition) is 1. The second kappa shape index (κ2) is 12.3. The Balaban J connectivity index is 1.27. The largest absolute Gasteiger partial charge is 0.497 e. The minimum absolute atomic E-state index is 0.0896. The van der Waals surface area contributed by atoms with Crippen molar-refractivity contribution in [2.75, 3.05) is 25.5 Å². The molecule has 196 valence electrons. The Morgan fingerprint density at radius 1 is 0.846 bits per heavy atom. The summed E-state index contributed by atoms with van der Waals surface area (Å²) in [7, 11) is 1.62. The van der Waals surface area contributed by atoms with E-state index in [0.717, 1.165) is 27.6 Å². The van der Waals surface area contributed by atoms with Crippen LogP contribution in [0.15, 0.2) is 97.1 Å². The summed E-state index contributed by atoms with van der Waals surface area (Å²) in [5, 5.41) is 14.2. The van der Waals surface area contributed by atoms with Gasteiger partial charge < -0.3 is 15.0 Å². The molecule has 0 aliphatic heterocycles. The second-order valence-electron chi connectivity index (χ2n) is 8.99. The fourth-order valence-electron chi connectivity index (χ4n) is 4.35. The van der Waals surface area contributed by atoms with Gasteiger partial charge in [-0.3, -0.25) is 9.59 Å². The van der Waals surface area contributed by atoms with E-state index >= 15 is 0 Å². The van der Waals surface area contributed by atoms with Crippen molar-refractivity contribution in [3.63, 3.8) is 0 Å². The number of anilines is 1. The SMILES string of the molecule is COc1ccc(-c2nnc(NC(=O)CCN(CCc3ccccc3)C(=O)c3cccc4ccccc34)s2)cc1. The van der Waals surface area contributed by atoms with E-state index < -0.39 is 0 Å². The zero-order valence-electron chi connectivity index (χ0n) is 21.5. The standard InChI is InChI=1S/C31H28N4O3S/c1-38-25-16-14-24(15-17-25)29-33-34-31(39-29)32-28(36)19-21-35(20-18-22-8-3-2-4-9-22)30(37)27-13-7-11-23-10-5-6-12-26(23)27/h2-17H,18-21H2,1H3,(H,32,34,36). The highest BCUT2D eigenvalue weighted by Gasteiger charge is 2.20. The van der Waals surface area contributed by atoms with E-state index in [9.17, 15) is 9.59 Å². The second-order valence-corrected chi connectivity index (χ2v) is 9.97. The van der Waals surface area contributed by atoms with Gasteiger partial charge in [-0.15, -0.1) is 10.2 Å². The van der Waals surface area contributed by atoms with Crippen molar-refractivity contribution >= 4 is 39.1 Å². The lowest BCUT2D eigenvalue weighted by atomic mass is 10.0. The van der Waals surface area contributed by atoms with Gasteiger partial charge >= 0.3 is 0 Å². The van der Waals surface area contributed by atoms with E-state index in [4.69, 9.17) is 4.74 Å². The fraction of sp³-hybridized carbons (Fsp3) is 0.161. The lowest BCUT2D eigenvalue weighted by Crippen LogP contribution is -2.35.